The van der Waals surface area contributed by atoms with E-state index in [1.54, 1.807) is 25.6 Å². The Hall–Kier alpha value is -1.85. The minimum absolute atomic E-state index is 0.568. The van der Waals surface area contributed by atoms with Crippen molar-refractivity contribution < 1.29 is 4.74 Å². The number of hydrogen-bond acceptors (Lipinski definition) is 3. The van der Waals surface area contributed by atoms with Gasteiger partial charge in [-0.3, -0.25) is 9.55 Å². The number of H-pyrrole nitrogens is 1. The minimum atomic E-state index is 0.568. The number of aromatic nitrogens is 3. The highest BCUT2D eigenvalue weighted by Gasteiger charge is 2.10. The molecule has 0 saturated carbocycles. The molecule has 4 nitrogen and oxygen atoms in total. The van der Waals surface area contributed by atoms with E-state index in [1.807, 2.05) is 22.8 Å². The Morgan fingerprint density at radius 1 is 1.37 bits per heavy atom. The van der Waals surface area contributed by atoms with Gasteiger partial charge in [-0.2, -0.15) is 0 Å². The number of imidazole rings is 1. The maximum Gasteiger partial charge on any atom is 0.182 e. The molecule has 0 aliphatic rings. The quantitative estimate of drug-likeness (QED) is 0.731. The standard InChI is InChI=1S/C13H10ClN3OS/c1-18-8-2-3-9(14)12(6-8)17-11-4-5-15-7-10(11)16-13(17)19/h2-7H,1H3,(H,16,19). The van der Waals surface area contributed by atoms with E-state index in [2.05, 4.69) is 9.97 Å². The molecule has 0 amide bonds. The first-order valence-electron chi connectivity index (χ1n) is 5.59. The number of fused-ring (bicyclic) bond motifs is 1. The molecule has 96 valence electrons. The lowest BCUT2D eigenvalue weighted by Crippen LogP contribution is -1.96. The van der Waals surface area contributed by atoms with Crippen LogP contribution in [0.2, 0.25) is 5.02 Å². The van der Waals surface area contributed by atoms with Gasteiger partial charge in [0.05, 0.1) is 35.1 Å². The van der Waals surface area contributed by atoms with E-state index in [-0.39, 0.29) is 0 Å². The molecule has 3 aromatic rings. The smallest absolute Gasteiger partial charge is 0.182 e. The average Bonchev–Trinajstić information content (AvgIpc) is 2.75. The zero-order valence-corrected chi connectivity index (χ0v) is 11.6. The molecule has 1 N–H and O–H groups in total. The summed E-state index contributed by atoms with van der Waals surface area (Å²) in [7, 11) is 1.62. The predicted molar refractivity (Wildman–Crippen MR) is 77.8 cm³/mol. The Labute approximate surface area is 119 Å². The van der Waals surface area contributed by atoms with Gasteiger partial charge < -0.3 is 9.72 Å². The summed E-state index contributed by atoms with van der Waals surface area (Å²) in [5.41, 5.74) is 2.57. The lowest BCUT2D eigenvalue weighted by molar-refractivity contribution is 0.414. The van der Waals surface area contributed by atoms with Crippen LogP contribution in [0.1, 0.15) is 0 Å². The fourth-order valence-electron chi connectivity index (χ4n) is 1.99. The first-order chi connectivity index (χ1) is 9.20. The molecule has 2 heterocycles. The molecule has 1 aromatic carbocycles. The molecule has 0 saturated heterocycles. The highest BCUT2D eigenvalue weighted by atomic mass is 35.5. The van der Waals surface area contributed by atoms with Gasteiger partial charge in [0.1, 0.15) is 5.75 Å². The maximum atomic E-state index is 6.26. The molecule has 3 rings (SSSR count). The first-order valence-corrected chi connectivity index (χ1v) is 6.38. The van der Waals surface area contributed by atoms with Gasteiger partial charge in [0, 0.05) is 12.3 Å². The number of aromatic amines is 1. The summed E-state index contributed by atoms with van der Waals surface area (Å²) >= 11 is 11.6. The molecule has 0 atom stereocenters. The average molecular weight is 292 g/mol. The molecule has 0 fully saturated rings. The Morgan fingerprint density at radius 3 is 3.00 bits per heavy atom. The summed E-state index contributed by atoms with van der Waals surface area (Å²) in [4.78, 5) is 7.17. The molecule has 0 unspecified atom stereocenters. The van der Waals surface area contributed by atoms with E-state index in [0.717, 1.165) is 22.5 Å². The van der Waals surface area contributed by atoms with Crippen LogP contribution in [0, 0.1) is 4.77 Å². The molecule has 0 aliphatic carbocycles. The van der Waals surface area contributed by atoms with Crippen molar-refractivity contribution >= 4 is 34.9 Å². The highest BCUT2D eigenvalue weighted by molar-refractivity contribution is 7.71. The van der Waals surface area contributed by atoms with Crippen molar-refractivity contribution in [1.82, 2.24) is 14.5 Å². The molecule has 0 spiro atoms. The first kappa shape index (κ1) is 12.2. The van der Waals surface area contributed by atoms with Crippen LogP contribution in [0.4, 0.5) is 0 Å². The third kappa shape index (κ3) is 2.01. The summed E-state index contributed by atoms with van der Waals surface area (Å²) in [5, 5.41) is 0.606. The van der Waals surface area contributed by atoms with E-state index < -0.39 is 0 Å². The number of rotatable bonds is 2. The van der Waals surface area contributed by atoms with Crippen LogP contribution in [-0.4, -0.2) is 21.6 Å². The lowest BCUT2D eigenvalue weighted by Gasteiger charge is -2.09. The minimum Gasteiger partial charge on any atom is -0.497 e. The van der Waals surface area contributed by atoms with E-state index in [1.165, 1.54) is 0 Å². The number of methoxy groups -OCH3 is 1. The summed E-state index contributed by atoms with van der Waals surface area (Å²) in [5.74, 6) is 0.727. The fourth-order valence-corrected chi connectivity index (χ4v) is 2.50. The van der Waals surface area contributed by atoms with Gasteiger partial charge in [0.2, 0.25) is 0 Å². The van der Waals surface area contributed by atoms with Crippen LogP contribution in [-0.2, 0) is 0 Å². The number of benzene rings is 1. The molecule has 0 aliphatic heterocycles. The third-order valence-corrected chi connectivity index (χ3v) is 3.48. The SMILES string of the molecule is COc1ccc(Cl)c(-n2c(=S)[nH]c3cnccc32)c1. The molecule has 0 radical (unpaired) electrons. The maximum absolute atomic E-state index is 6.26. The van der Waals surface area contributed by atoms with E-state index in [4.69, 9.17) is 28.6 Å². The number of halogens is 1. The fraction of sp³-hybridized carbons (Fsp3) is 0.0769. The Balaban J connectivity index is 2.36. The van der Waals surface area contributed by atoms with Crippen molar-refractivity contribution in [1.29, 1.82) is 0 Å². The van der Waals surface area contributed by atoms with Crippen LogP contribution < -0.4 is 4.74 Å². The van der Waals surface area contributed by atoms with Gasteiger partial charge in [-0.1, -0.05) is 11.6 Å². The van der Waals surface area contributed by atoms with Gasteiger partial charge >= 0.3 is 0 Å². The second-order valence-corrected chi connectivity index (χ2v) is 4.77. The molecule has 19 heavy (non-hydrogen) atoms. The van der Waals surface area contributed by atoms with Crippen molar-refractivity contribution in [3.63, 3.8) is 0 Å². The van der Waals surface area contributed by atoms with Gasteiger partial charge in [0.25, 0.3) is 0 Å². The zero-order valence-electron chi connectivity index (χ0n) is 10.1. The van der Waals surface area contributed by atoms with Crippen LogP contribution in [0.15, 0.2) is 36.7 Å². The van der Waals surface area contributed by atoms with E-state index >= 15 is 0 Å². The number of nitrogens with one attached hydrogen (secondary N) is 1. The topological polar surface area (TPSA) is 42.8 Å². The largest absolute Gasteiger partial charge is 0.497 e. The van der Waals surface area contributed by atoms with E-state index in [0.29, 0.717) is 9.79 Å². The lowest BCUT2D eigenvalue weighted by atomic mass is 10.3. The van der Waals surface area contributed by atoms with Crippen LogP contribution in [0.5, 0.6) is 5.75 Å². The third-order valence-electron chi connectivity index (χ3n) is 2.88. The number of pyridine rings is 1. The molecule has 0 bridgehead atoms. The predicted octanol–water partition coefficient (Wildman–Crippen LogP) is 3.75. The normalized spacial score (nSPS) is 10.8. The summed E-state index contributed by atoms with van der Waals surface area (Å²) in [6, 6.07) is 7.34. The number of nitrogens with zero attached hydrogens (tertiary/aromatic N) is 2. The van der Waals surface area contributed by atoms with Crippen molar-refractivity contribution in [2.75, 3.05) is 7.11 Å². The molecular weight excluding hydrogens is 282 g/mol. The molecule has 2 aromatic heterocycles. The van der Waals surface area contributed by atoms with E-state index in [9.17, 15) is 0 Å². The summed E-state index contributed by atoms with van der Waals surface area (Å²) in [6.45, 7) is 0. The van der Waals surface area contributed by atoms with Crippen LogP contribution in [0.3, 0.4) is 0 Å². The monoisotopic (exact) mass is 291 g/mol. The van der Waals surface area contributed by atoms with Crippen molar-refractivity contribution in [2.24, 2.45) is 0 Å². The number of hydrogen-bond donors (Lipinski definition) is 1. The summed E-state index contributed by atoms with van der Waals surface area (Å²) in [6.07, 6.45) is 3.45. The number of ether oxygens (including phenoxy) is 1. The van der Waals surface area contributed by atoms with Crippen molar-refractivity contribution in [3.05, 3.63) is 46.5 Å². The molecular formula is C13H10ClN3OS. The van der Waals surface area contributed by atoms with Crippen molar-refractivity contribution in [3.8, 4) is 11.4 Å². The van der Waals surface area contributed by atoms with Gasteiger partial charge in [-0.15, -0.1) is 0 Å². The summed E-state index contributed by atoms with van der Waals surface area (Å²) < 4.78 is 7.67. The van der Waals surface area contributed by atoms with Gasteiger partial charge in [-0.05, 0) is 30.4 Å². The van der Waals surface area contributed by atoms with Crippen LogP contribution >= 0.6 is 23.8 Å². The Morgan fingerprint density at radius 2 is 2.21 bits per heavy atom. The highest BCUT2D eigenvalue weighted by Crippen LogP contribution is 2.28. The van der Waals surface area contributed by atoms with Gasteiger partial charge in [-0.25, -0.2) is 0 Å². The van der Waals surface area contributed by atoms with Crippen molar-refractivity contribution in [2.45, 2.75) is 0 Å². The Kier molecular flexibility index (Phi) is 3.00. The second-order valence-electron chi connectivity index (χ2n) is 3.98. The van der Waals surface area contributed by atoms with Gasteiger partial charge in [0.15, 0.2) is 4.77 Å². The molecule has 6 heteroatoms. The second kappa shape index (κ2) is 4.68. The zero-order chi connectivity index (χ0) is 13.4. The van der Waals surface area contributed by atoms with Crippen LogP contribution in [0.25, 0.3) is 16.7 Å². The Bertz CT molecular complexity index is 809.